The summed E-state index contributed by atoms with van der Waals surface area (Å²) in [4.78, 5) is 28.9. The standard InChI is InChI=1S/C20H21N3O2S/c24-19-17-6-2-3-7-18(17)21-20(25)23(19)14-15-8-10-16(11-9-15)26-22-12-4-1-5-13-22/h2-3,6-11H,1,4-5,12-14H2,(H,21,25). The van der Waals surface area contributed by atoms with Crippen molar-refractivity contribution in [3.63, 3.8) is 0 Å². The second kappa shape index (κ2) is 7.51. The number of hydrogen-bond acceptors (Lipinski definition) is 4. The van der Waals surface area contributed by atoms with Crippen molar-refractivity contribution in [2.75, 3.05) is 13.1 Å². The van der Waals surface area contributed by atoms with E-state index in [2.05, 4.69) is 21.4 Å². The Labute approximate surface area is 155 Å². The van der Waals surface area contributed by atoms with Gasteiger partial charge in [-0.05, 0) is 54.6 Å². The minimum Gasteiger partial charge on any atom is -0.307 e. The van der Waals surface area contributed by atoms with Gasteiger partial charge in [-0.2, -0.15) is 0 Å². The van der Waals surface area contributed by atoms with Gasteiger partial charge in [0, 0.05) is 18.0 Å². The second-order valence-corrected chi connectivity index (χ2v) is 7.76. The monoisotopic (exact) mass is 367 g/mol. The number of aromatic nitrogens is 2. The molecule has 0 amide bonds. The number of piperidine rings is 1. The molecule has 0 bridgehead atoms. The molecule has 0 aliphatic carbocycles. The molecule has 0 unspecified atom stereocenters. The van der Waals surface area contributed by atoms with E-state index < -0.39 is 0 Å². The summed E-state index contributed by atoms with van der Waals surface area (Å²) >= 11 is 1.78. The number of rotatable bonds is 4. The molecule has 0 atom stereocenters. The molecule has 1 aliphatic rings. The van der Waals surface area contributed by atoms with Crippen LogP contribution in [0.2, 0.25) is 0 Å². The van der Waals surface area contributed by atoms with E-state index in [1.807, 2.05) is 12.1 Å². The molecule has 1 aliphatic heterocycles. The summed E-state index contributed by atoms with van der Waals surface area (Å²) in [7, 11) is 0. The van der Waals surface area contributed by atoms with E-state index >= 15 is 0 Å². The number of benzene rings is 2. The van der Waals surface area contributed by atoms with Gasteiger partial charge in [0.1, 0.15) is 0 Å². The highest BCUT2D eigenvalue weighted by atomic mass is 32.2. The third kappa shape index (κ3) is 3.61. The number of H-pyrrole nitrogens is 1. The Morgan fingerprint density at radius 1 is 0.923 bits per heavy atom. The molecule has 1 N–H and O–H groups in total. The zero-order valence-corrected chi connectivity index (χ0v) is 15.3. The number of aromatic amines is 1. The van der Waals surface area contributed by atoms with Gasteiger partial charge in [-0.25, -0.2) is 9.10 Å². The highest BCUT2D eigenvalue weighted by molar-refractivity contribution is 7.97. The maximum Gasteiger partial charge on any atom is 0.329 e. The van der Waals surface area contributed by atoms with Crippen LogP contribution < -0.4 is 11.2 Å². The molecule has 0 spiro atoms. The van der Waals surface area contributed by atoms with E-state index in [4.69, 9.17) is 0 Å². The van der Waals surface area contributed by atoms with Gasteiger partial charge in [0.05, 0.1) is 17.4 Å². The minimum absolute atomic E-state index is 0.254. The molecule has 4 rings (SSSR count). The Morgan fingerprint density at radius 2 is 1.65 bits per heavy atom. The number of fused-ring (bicyclic) bond motifs is 1. The van der Waals surface area contributed by atoms with Crippen LogP contribution in [-0.2, 0) is 6.54 Å². The van der Waals surface area contributed by atoms with Gasteiger partial charge < -0.3 is 4.98 Å². The van der Waals surface area contributed by atoms with Crippen molar-refractivity contribution in [3.05, 3.63) is 74.9 Å². The van der Waals surface area contributed by atoms with Crippen LogP contribution in [0.1, 0.15) is 24.8 Å². The van der Waals surface area contributed by atoms with Crippen LogP contribution >= 0.6 is 11.9 Å². The molecule has 5 nitrogen and oxygen atoms in total. The number of hydrogen-bond donors (Lipinski definition) is 1. The smallest absolute Gasteiger partial charge is 0.307 e. The Morgan fingerprint density at radius 3 is 2.42 bits per heavy atom. The summed E-state index contributed by atoms with van der Waals surface area (Å²) in [5, 5.41) is 0.532. The largest absolute Gasteiger partial charge is 0.329 e. The quantitative estimate of drug-likeness (QED) is 0.720. The van der Waals surface area contributed by atoms with E-state index in [-0.39, 0.29) is 17.8 Å². The minimum atomic E-state index is -0.375. The van der Waals surface area contributed by atoms with Gasteiger partial charge in [-0.15, -0.1) is 0 Å². The first kappa shape index (κ1) is 17.1. The number of para-hydroxylation sites is 1. The Hall–Kier alpha value is -2.31. The Kier molecular flexibility index (Phi) is 4.95. The molecule has 2 heterocycles. The lowest BCUT2D eigenvalue weighted by atomic mass is 10.2. The lowest BCUT2D eigenvalue weighted by Gasteiger charge is -2.25. The van der Waals surface area contributed by atoms with Gasteiger partial charge in [-0.1, -0.05) is 30.7 Å². The summed E-state index contributed by atoms with van der Waals surface area (Å²) in [5.74, 6) is 0. The van der Waals surface area contributed by atoms with Crippen LogP contribution in [0.3, 0.4) is 0 Å². The topological polar surface area (TPSA) is 58.1 Å². The molecule has 1 aromatic heterocycles. The molecule has 0 saturated carbocycles. The summed E-state index contributed by atoms with van der Waals surface area (Å²) in [5.41, 5.74) is 0.888. The maximum absolute atomic E-state index is 12.6. The molecule has 2 aromatic carbocycles. The third-order valence-corrected chi connectivity index (χ3v) is 5.81. The van der Waals surface area contributed by atoms with Crippen LogP contribution in [0, 0.1) is 0 Å². The lowest BCUT2D eigenvalue weighted by Crippen LogP contribution is -2.35. The highest BCUT2D eigenvalue weighted by Crippen LogP contribution is 2.26. The molecule has 6 heteroatoms. The number of nitrogens with zero attached hydrogens (tertiary/aromatic N) is 2. The van der Waals surface area contributed by atoms with Gasteiger partial charge in [0.2, 0.25) is 0 Å². The van der Waals surface area contributed by atoms with Crippen molar-refractivity contribution >= 4 is 22.9 Å². The van der Waals surface area contributed by atoms with Crippen LogP contribution in [0.5, 0.6) is 0 Å². The summed E-state index contributed by atoms with van der Waals surface area (Å²) < 4.78 is 3.66. The highest BCUT2D eigenvalue weighted by Gasteiger charge is 2.12. The zero-order chi connectivity index (χ0) is 17.9. The molecular weight excluding hydrogens is 346 g/mol. The normalized spacial score (nSPS) is 15.4. The average molecular weight is 367 g/mol. The fourth-order valence-electron chi connectivity index (χ4n) is 3.29. The molecule has 0 radical (unpaired) electrons. The van der Waals surface area contributed by atoms with E-state index in [0.29, 0.717) is 10.9 Å². The summed E-state index contributed by atoms with van der Waals surface area (Å²) in [6.45, 7) is 2.54. The first-order chi connectivity index (χ1) is 12.7. The van der Waals surface area contributed by atoms with E-state index in [1.165, 1.54) is 28.7 Å². The molecule has 1 fully saturated rings. The molecule has 134 valence electrons. The van der Waals surface area contributed by atoms with Crippen molar-refractivity contribution < 1.29 is 0 Å². The van der Waals surface area contributed by atoms with Gasteiger partial charge >= 0.3 is 5.69 Å². The molecule has 1 saturated heterocycles. The Bertz CT molecular complexity index is 1020. The van der Waals surface area contributed by atoms with Gasteiger partial charge in [-0.3, -0.25) is 9.36 Å². The van der Waals surface area contributed by atoms with Crippen LogP contribution in [0.25, 0.3) is 10.9 Å². The predicted octanol–water partition coefficient (Wildman–Crippen LogP) is 3.23. The van der Waals surface area contributed by atoms with E-state index in [0.717, 1.165) is 18.7 Å². The second-order valence-electron chi connectivity index (χ2n) is 6.59. The van der Waals surface area contributed by atoms with Crippen molar-refractivity contribution in [2.24, 2.45) is 0 Å². The van der Waals surface area contributed by atoms with Crippen molar-refractivity contribution in [1.82, 2.24) is 13.9 Å². The number of nitrogens with one attached hydrogen (secondary N) is 1. The maximum atomic E-state index is 12.6. The van der Waals surface area contributed by atoms with Gasteiger partial charge in [0.25, 0.3) is 5.56 Å². The van der Waals surface area contributed by atoms with Gasteiger partial charge in [0.15, 0.2) is 0 Å². The Balaban J connectivity index is 1.55. The van der Waals surface area contributed by atoms with Crippen LogP contribution in [0.4, 0.5) is 0 Å². The van der Waals surface area contributed by atoms with Crippen molar-refractivity contribution in [3.8, 4) is 0 Å². The summed E-state index contributed by atoms with van der Waals surface area (Å²) in [6, 6.07) is 15.2. The van der Waals surface area contributed by atoms with Crippen LogP contribution in [0.15, 0.2) is 63.0 Å². The van der Waals surface area contributed by atoms with Crippen LogP contribution in [-0.4, -0.2) is 26.9 Å². The SMILES string of the molecule is O=c1[nH]c2ccccc2c(=O)n1Cc1ccc(SN2CCCCC2)cc1. The fraction of sp³-hybridized carbons (Fsp3) is 0.300. The van der Waals surface area contributed by atoms with Crippen molar-refractivity contribution in [1.29, 1.82) is 0 Å². The van der Waals surface area contributed by atoms with E-state index in [9.17, 15) is 9.59 Å². The zero-order valence-electron chi connectivity index (χ0n) is 14.5. The average Bonchev–Trinajstić information content (AvgIpc) is 2.67. The first-order valence-electron chi connectivity index (χ1n) is 8.94. The van der Waals surface area contributed by atoms with E-state index in [1.54, 1.807) is 36.2 Å². The predicted molar refractivity (Wildman–Crippen MR) is 106 cm³/mol. The lowest BCUT2D eigenvalue weighted by molar-refractivity contribution is 0.380. The third-order valence-electron chi connectivity index (χ3n) is 4.70. The molecular formula is C20H21N3O2S. The molecule has 26 heavy (non-hydrogen) atoms. The van der Waals surface area contributed by atoms with Crippen molar-refractivity contribution in [2.45, 2.75) is 30.7 Å². The molecule has 3 aromatic rings. The summed E-state index contributed by atoms with van der Waals surface area (Å²) in [6.07, 6.45) is 3.85. The first-order valence-corrected chi connectivity index (χ1v) is 9.72. The fourth-order valence-corrected chi connectivity index (χ4v) is 4.28.